The highest BCUT2D eigenvalue weighted by Crippen LogP contribution is 2.23. The molecule has 1 saturated heterocycles. The molecule has 1 aliphatic heterocycles. The molecule has 5 nitrogen and oxygen atoms in total. The van der Waals surface area contributed by atoms with Gasteiger partial charge in [0.2, 0.25) is 5.91 Å². The molecule has 1 fully saturated rings. The molecule has 0 saturated carbocycles. The van der Waals surface area contributed by atoms with E-state index in [1.54, 1.807) is 23.6 Å². The molecule has 1 aromatic carbocycles. The van der Waals surface area contributed by atoms with Crippen molar-refractivity contribution in [3.05, 3.63) is 63.2 Å². The maximum atomic E-state index is 13.0. The number of nitrogens with zero attached hydrogens (tertiary/aromatic N) is 3. The van der Waals surface area contributed by atoms with Crippen LogP contribution >= 0.6 is 11.3 Å². The monoisotopic (exact) mass is 381 g/mol. The predicted octanol–water partition coefficient (Wildman–Crippen LogP) is 3.47. The zero-order valence-electron chi connectivity index (χ0n) is 15.2. The van der Waals surface area contributed by atoms with Gasteiger partial charge in [0.05, 0.1) is 11.6 Å². The number of benzene rings is 1. The highest BCUT2D eigenvalue weighted by atomic mass is 32.1. The Labute approximate surface area is 162 Å². The van der Waals surface area contributed by atoms with Crippen LogP contribution in [0.3, 0.4) is 0 Å². The topological polar surface area (TPSA) is 55.2 Å². The molecule has 0 aliphatic carbocycles. The number of aryl methyl sites for hydroxylation is 1. The number of hydrogen-bond donors (Lipinski definition) is 0. The maximum Gasteiger partial charge on any atom is 0.275 e. The third kappa shape index (κ3) is 3.95. The maximum absolute atomic E-state index is 13.0. The van der Waals surface area contributed by atoms with Gasteiger partial charge in [0, 0.05) is 22.8 Å². The number of fused-ring (bicyclic) bond motifs is 1. The molecule has 0 spiro atoms. The lowest BCUT2D eigenvalue weighted by molar-refractivity contribution is -0.136. The predicted molar refractivity (Wildman–Crippen MR) is 108 cm³/mol. The third-order valence-electron chi connectivity index (χ3n) is 5.30. The first-order valence-electron chi connectivity index (χ1n) is 9.49. The van der Waals surface area contributed by atoms with Crippen LogP contribution in [0.2, 0.25) is 0 Å². The number of thiophene rings is 1. The summed E-state index contributed by atoms with van der Waals surface area (Å²) in [5, 5.41) is 7.71. The molecule has 0 N–H and O–H groups in total. The fourth-order valence-electron chi connectivity index (χ4n) is 3.85. The molecule has 0 radical (unpaired) electrons. The highest BCUT2D eigenvalue weighted by molar-refractivity contribution is 7.09. The number of amides is 1. The average Bonchev–Trinajstić information content (AvgIpc) is 3.22. The molecule has 4 rings (SSSR count). The Morgan fingerprint density at radius 3 is 2.93 bits per heavy atom. The summed E-state index contributed by atoms with van der Waals surface area (Å²) >= 11 is 1.77. The molecule has 27 heavy (non-hydrogen) atoms. The van der Waals surface area contributed by atoms with Crippen molar-refractivity contribution < 1.29 is 4.79 Å². The Balaban J connectivity index is 1.48. The van der Waals surface area contributed by atoms with E-state index in [1.165, 1.54) is 9.56 Å². The van der Waals surface area contributed by atoms with Gasteiger partial charge in [-0.3, -0.25) is 9.59 Å². The van der Waals surface area contributed by atoms with Crippen molar-refractivity contribution >= 4 is 28.0 Å². The molecule has 140 valence electrons. The van der Waals surface area contributed by atoms with Gasteiger partial charge in [0.1, 0.15) is 6.54 Å². The molecule has 1 atom stereocenters. The number of carbonyl (C=O) groups is 1. The van der Waals surface area contributed by atoms with Crippen LogP contribution in [0.25, 0.3) is 10.8 Å². The van der Waals surface area contributed by atoms with Crippen LogP contribution in [0.4, 0.5) is 0 Å². The first kappa shape index (κ1) is 17.9. The van der Waals surface area contributed by atoms with Gasteiger partial charge in [-0.25, -0.2) is 4.68 Å². The number of likely N-dealkylation sites (tertiary alicyclic amines) is 1. The van der Waals surface area contributed by atoms with Gasteiger partial charge in [0.15, 0.2) is 0 Å². The summed E-state index contributed by atoms with van der Waals surface area (Å²) in [4.78, 5) is 28.9. The van der Waals surface area contributed by atoms with Crippen molar-refractivity contribution in [1.82, 2.24) is 14.7 Å². The zero-order valence-corrected chi connectivity index (χ0v) is 16.0. The molecular formula is C21H23N3O2S. The minimum Gasteiger partial charge on any atom is -0.338 e. The van der Waals surface area contributed by atoms with Gasteiger partial charge in [-0.05, 0) is 49.6 Å². The number of piperidine rings is 1. The molecule has 1 aliphatic rings. The van der Waals surface area contributed by atoms with Gasteiger partial charge in [-0.15, -0.1) is 11.3 Å². The molecular weight excluding hydrogens is 358 g/mol. The Morgan fingerprint density at radius 2 is 2.07 bits per heavy atom. The second-order valence-corrected chi connectivity index (χ2v) is 8.08. The normalized spacial score (nSPS) is 17.3. The van der Waals surface area contributed by atoms with Gasteiger partial charge < -0.3 is 4.90 Å². The molecule has 6 heteroatoms. The van der Waals surface area contributed by atoms with Crippen molar-refractivity contribution in [3.8, 4) is 0 Å². The van der Waals surface area contributed by atoms with E-state index < -0.39 is 0 Å². The minimum atomic E-state index is -0.200. The van der Waals surface area contributed by atoms with Gasteiger partial charge in [-0.1, -0.05) is 24.3 Å². The van der Waals surface area contributed by atoms with Crippen molar-refractivity contribution in [3.63, 3.8) is 0 Å². The van der Waals surface area contributed by atoms with Gasteiger partial charge in [-0.2, -0.15) is 5.10 Å². The van der Waals surface area contributed by atoms with Crippen molar-refractivity contribution in [2.75, 3.05) is 6.54 Å². The van der Waals surface area contributed by atoms with Crippen LogP contribution in [0.15, 0.2) is 52.8 Å². The lowest BCUT2D eigenvalue weighted by Gasteiger charge is -2.36. The Morgan fingerprint density at radius 1 is 1.19 bits per heavy atom. The Bertz CT molecular complexity index is 981. The molecule has 2 aromatic heterocycles. The minimum absolute atomic E-state index is 0.00393. The van der Waals surface area contributed by atoms with E-state index in [0.717, 1.165) is 44.0 Å². The third-order valence-corrected chi connectivity index (χ3v) is 6.23. The van der Waals surface area contributed by atoms with E-state index in [0.29, 0.717) is 5.39 Å². The average molecular weight is 382 g/mol. The van der Waals surface area contributed by atoms with E-state index in [1.807, 2.05) is 23.1 Å². The first-order valence-corrected chi connectivity index (χ1v) is 10.4. The second kappa shape index (κ2) is 8.05. The quantitative estimate of drug-likeness (QED) is 0.680. The molecule has 1 unspecified atom stereocenters. The Hall–Kier alpha value is -2.47. The molecule has 3 heterocycles. The highest BCUT2D eigenvalue weighted by Gasteiger charge is 2.27. The second-order valence-electron chi connectivity index (χ2n) is 7.05. The van der Waals surface area contributed by atoms with Crippen molar-refractivity contribution in [2.45, 2.75) is 44.7 Å². The SMILES string of the molecule is O=C(Cn1ncc2ccccc2c1=O)N1CCCCC1CCc1cccs1. The van der Waals surface area contributed by atoms with E-state index in [2.05, 4.69) is 22.6 Å². The fraction of sp³-hybridized carbons (Fsp3) is 0.381. The zero-order chi connectivity index (χ0) is 18.6. The number of hydrogen-bond acceptors (Lipinski definition) is 4. The lowest BCUT2D eigenvalue weighted by atomic mass is 9.97. The summed E-state index contributed by atoms with van der Waals surface area (Å²) in [6.07, 6.45) is 6.87. The first-order chi connectivity index (χ1) is 13.2. The Kier molecular flexibility index (Phi) is 5.34. The molecule has 3 aromatic rings. The standard InChI is InChI=1S/C21H23N3O2S/c25-20(15-24-21(26)19-9-2-1-6-16(19)14-22-24)23-12-4-3-7-17(23)10-11-18-8-5-13-27-18/h1-2,5-6,8-9,13-14,17H,3-4,7,10-12,15H2. The van der Waals surface area contributed by atoms with Crippen LogP contribution < -0.4 is 5.56 Å². The van der Waals surface area contributed by atoms with E-state index in [-0.39, 0.29) is 24.1 Å². The molecule has 1 amide bonds. The van der Waals surface area contributed by atoms with Gasteiger partial charge >= 0.3 is 0 Å². The summed E-state index contributed by atoms with van der Waals surface area (Å²) in [5.74, 6) is -0.00393. The van der Waals surface area contributed by atoms with Crippen LogP contribution in [0.5, 0.6) is 0 Å². The number of aromatic nitrogens is 2. The van der Waals surface area contributed by atoms with Gasteiger partial charge in [0.25, 0.3) is 5.56 Å². The summed E-state index contributed by atoms with van der Waals surface area (Å²) in [7, 11) is 0. The fourth-order valence-corrected chi connectivity index (χ4v) is 4.58. The van der Waals surface area contributed by atoms with E-state index in [9.17, 15) is 9.59 Å². The van der Waals surface area contributed by atoms with Crippen LogP contribution in [0.1, 0.15) is 30.6 Å². The van der Waals surface area contributed by atoms with Crippen LogP contribution in [0, 0.1) is 0 Å². The number of rotatable bonds is 5. The van der Waals surface area contributed by atoms with Crippen molar-refractivity contribution in [2.24, 2.45) is 0 Å². The summed E-state index contributed by atoms with van der Waals surface area (Å²) in [6.45, 7) is 0.787. The number of carbonyl (C=O) groups excluding carboxylic acids is 1. The van der Waals surface area contributed by atoms with Crippen molar-refractivity contribution in [1.29, 1.82) is 0 Å². The summed E-state index contributed by atoms with van der Waals surface area (Å²) < 4.78 is 1.30. The summed E-state index contributed by atoms with van der Waals surface area (Å²) in [5.41, 5.74) is -0.200. The van der Waals surface area contributed by atoms with Crippen LogP contribution in [-0.2, 0) is 17.8 Å². The lowest BCUT2D eigenvalue weighted by Crippen LogP contribution is -2.46. The van der Waals surface area contributed by atoms with E-state index >= 15 is 0 Å². The smallest absolute Gasteiger partial charge is 0.275 e. The summed E-state index contributed by atoms with van der Waals surface area (Å²) in [6, 6.07) is 11.8. The molecule has 0 bridgehead atoms. The largest absolute Gasteiger partial charge is 0.338 e. The van der Waals surface area contributed by atoms with E-state index in [4.69, 9.17) is 0 Å². The van der Waals surface area contributed by atoms with Crippen LogP contribution in [-0.4, -0.2) is 33.2 Å².